The van der Waals surface area contributed by atoms with E-state index in [0.29, 0.717) is 35.4 Å². The number of benzene rings is 2. The van der Waals surface area contributed by atoms with Gasteiger partial charge in [-0.05, 0) is 62.1 Å². The summed E-state index contributed by atoms with van der Waals surface area (Å²) in [4.78, 5) is 18.4. The molecule has 1 saturated carbocycles. The van der Waals surface area contributed by atoms with Crippen molar-refractivity contribution in [2.24, 2.45) is 5.10 Å². The lowest BCUT2D eigenvalue weighted by atomic mass is 9.88. The van der Waals surface area contributed by atoms with Crippen LogP contribution in [0.25, 0.3) is 10.9 Å². The molecule has 1 aliphatic carbocycles. The highest BCUT2D eigenvalue weighted by Crippen LogP contribution is 2.34. The van der Waals surface area contributed by atoms with Crippen molar-refractivity contribution in [3.8, 4) is 11.5 Å². The second-order valence-corrected chi connectivity index (χ2v) is 9.38. The van der Waals surface area contributed by atoms with Crippen LogP contribution in [0.2, 0.25) is 0 Å². The van der Waals surface area contributed by atoms with E-state index < -0.39 is 0 Å². The van der Waals surface area contributed by atoms with Crippen LogP contribution in [-0.2, 0) is 6.42 Å². The monoisotopic (exact) mass is 523 g/mol. The van der Waals surface area contributed by atoms with Gasteiger partial charge in [0.2, 0.25) is 0 Å². The first kappa shape index (κ1) is 24.2. The Morgan fingerprint density at radius 2 is 2.03 bits per heavy atom. The molecular formula is C27H30BrN3O3. The Balaban J connectivity index is 1.84. The Bertz CT molecular complexity index is 1280. The molecule has 7 heteroatoms. The quantitative estimate of drug-likeness (QED) is 0.259. The van der Waals surface area contributed by atoms with Crippen LogP contribution in [0.4, 0.5) is 0 Å². The largest absolute Gasteiger partial charge is 0.493 e. The maximum Gasteiger partial charge on any atom is 0.282 e. The predicted molar refractivity (Wildman–Crippen MR) is 141 cm³/mol. The van der Waals surface area contributed by atoms with Gasteiger partial charge in [-0.1, -0.05) is 41.3 Å². The molecule has 0 unspecified atom stereocenters. The fourth-order valence-electron chi connectivity index (χ4n) is 4.55. The normalized spacial score (nSPS) is 14.6. The highest BCUT2D eigenvalue weighted by Gasteiger charge is 2.22. The molecule has 0 saturated heterocycles. The molecule has 3 aromatic rings. The van der Waals surface area contributed by atoms with E-state index in [4.69, 9.17) is 14.5 Å². The molecule has 4 rings (SSSR count). The third kappa shape index (κ3) is 5.09. The maximum atomic E-state index is 13.5. The van der Waals surface area contributed by atoms with Crippen molar-refractivity contribution < 1.29 is 9.47 Å². The zero-order chi connectivity index (χ0) is 24.1. The minimum atomic E-state index is -0.160. The van der Waals surface area contributed by atoms with Gasteiger partial charge >= 0.3 is 0 Å². The van der Waals surface area contributed by atoms with Crippen molar-refractivity contribution in [2.45, 2.75) is 51.4 Å². The molecule has 0 radical (unpaired) electrons. The van der Waals surface area contributed by atoms with Crippen LogP contribution in [-0.4, -0.2) is 29.6 Å². The van der Waals surface area contributed by atoms with Crippen molar-refractivity contribution in [3.63, 3.8) is 0 Å². The lowest BCUT2D eigenvalue weighted by Crippen LogP contribution is -2.25. The van der Waals surface area contributed by atoms with E-state index in [0.717, 1.165) is 47.1 Å². The van der Waals surface area contributed by atoms with Crippen molar-refractivity contribution in [3.05, 3.63) is 74.8 Å². The van der Waals surface area contributed by atoms with Crippen molar-refractivity contribution >= 4 is 33.0 Å². The van der Waals surface area contributed by atoms with Crippen LogP contribution in [0.15, 0.2) is 57.4 Å². The van der Waals surface area contributed by atoms with Crippen molar-refractivity contribution in [2.75, 3.05) is 13.7 Å². The Morgan fingerprint density at radius 1 is 1.24 bits per heavy atom. The van der Waals surface area contributed by atoms with Gasteiger partial charge in [0, 0.05) is 16.0 Å². The lowest BCUT2D eigenvalue weighted by Gasteiger charge is -2.22. The van der Waals surface area contributed by atoms with E-state index in [9.17, 15) is 4.79 Å². The van der Waals surface area contributed by atoms with Crippen molar-refractivity contribution in [1.29, 1.82) is 0 Å². The summed E-state index contributed by atoms with van der Waals surface area (Å²) in [5.41, 5.74) is 2.31. The molecule has 0 N–H and O–H groups in total. The van der Waals surface area contributed by atoms with Crippen LogP contribution >= 0.6 is 15.9 Å². The number of hydrogen-bond acceptors (Lipinski definition) is 5. The minimum Gasteiger partial charge on any atom is -0.493 e. The highest BCUT2D eigenvalue weighted by atomic mass is 79.9. The molecule has 1 aliphatic rings. The van der Waals surface area contributed by atoms with Gasteiger partial charge in [-0.15, -0.1) is 6.58 Å². The first-order chi connectivity index (χ1) is 16.5. The number of rotatable bonds is 8. The number of methoxy groups -OCH3 is 1. The summed E-state index contributed by atoms with van der Waals surface area (Å²) in [5, 5.41) is 5.21. The molecule has 0 aliphatic heterocycles. The number of halogens is 1. The van der Waals surface area contributed by atoms with Gasteiger partial charge in [-0.2, -0.15) is 9.78 Å². The molecule has 1 heterocycles. The maximum absolute atomic E-state index is 13.5. The third-order valence-corrected chi connectivity index (χ3v) is 6.65. The van der Waals surface area contributed by atoms with Crippen LogP contribution in [0.5, 0.6) is 11.5 Å². The fraction of sp³-hybridized carbons (Fsp3) is 0.370. The average Bonchev–Trinajstić information content (AvgIpc) is 2.85. The van der Waals surface area contributed by atoms with E-state index >= 15 is 0 Å². The van der Waals surface area contributed by atoms with E-state index in [2.05, 4.69) is 27.6 Å². The third-order valence-electron chi connectivity index (χ3n) is 6.15. The van der Waals surface area contributed by atoms with Crippen molar-refractivity contribution in [1.82, 2.24) is 9.66 Å². The number of ether oxygens (including phenoxy) is 2. The fourth-order valence-corrected chi connectivity index (χ4v) is 4.91. The number of allylic oxidation sites excluding steroid dienone is 1. The number of nitrogens with zero attached hydrogens (tertiary/aromatic N) is 3. The summed E-state index contributed by atoms with van der Waals surface area (Å²) in [5.74, 6) is 2.29. The topological polar surface area (TPSA) is 65.7 Å². The number of fused-ring (bicyclic) bond motifs is 1. The second kappa shape index (κ2) is 11.0. The smallest absolute Gasteiger partial charge is 0.282 e. The first-order valence-corrected chi connectivity index (χ1v) is 12.6. The number of aromatic nitrogens is 2. The second-order valence-electron chi connectivity index (χ2n) is 8.47. The Morgan fingerprint density at radius 3 is 2.74 bits per heavy atom. The molecule has 2 aromatic carbocycles. The standard InChI is InChI=1S/C27H30BrN3O3/c1-4-9-20-14-18(15-24(33-3)25(20)34-5-2)17-29-31-26(19-10-7-6-8-11-19)30-23-13-12-21(28)16-22(23)27(31)32/h4,12-17,19H,1,5-11H2,2-3H3. The molecule has 0 amide bonds. The van der Waals surface area contributed by atoms with Gasteiger partial charge < -0.3 is 9.47 Å². The van der Waals surface area contributed by atoms with Gasteiger partial charge in [0.05, 0.1) is 30.8 Å². The first-order valence-electron chi connectivity index (χ1n) is 11.8. The summed E-state index contributed by atoms with van der Waals surface area (Å²) >= 11 is 3.47. The highest BCUT2D eigenvalue weighted by molar-refractivity contribution is 9.10. The summed E-state index contributed by atoms with van der Waals surface area (Å²) < 4.78 is 13.7. The van der Waals surface area contributed by atoms with Crippen LogP contribution in [0.1, 0.15) is 61.9 Å². The summed E-state index contributed by atoms with van der Waals surface area (Å²) in [6.45, 7) is 6.33. The zero-order valence-corrected chi connectivity index (χ0v) is 21.3. The predicted octanol–water partition coefficient (Wildman–Crippen LogP) is 6.22. The molecular weight excluding hydrogens is 494 g/mol. The van der Waals surface area contributed by atoms with Gasteiger partial charge in [0.15, 0.2) is 11.5 Å². The zero-order valence-electron chi connectivity index (χ0n) is 19.7. The van der Waals surface area contributed by atoms with Crippen LogP contribution in [0.3, 0.4) is 0 Å². The van der Waals surface area contributed by atoms with Gasteiger partial charge in [-0.3, -0.25) is 4.79 Å². The van der Waals surface area contributed by atoms with E-state index in [1.54, 1.807) is 13.3 Å². The number of hydrogen-bond donors (Lipinski definition) is 0. The van der Waals surface area contributed by atoms with Crippen LogP contribution < -0.4 is 15.0 Å². The van der Waals surface area contributed by atoms with Gasteiger partial charge in [-0.25, -0.2) is 4.98 Å². The summed E-state index contributed by atoms with van der Waals surface area (Å²) in [6, 6.07) is 9.48. The Labute approximate surface area is 208 Å². The Kier molecular flexibility index (Phi) is 7.83. The molecule has 0 bridgehead atoms. The van der Waals surface area contributed by atoms with E-state index in [-0.39, 0.29) is 11.5 Å². The molecule has 6 nitrogen and oxygen atoms in total. The minimum absolute atomic E-state index is 0.160. The SMILES string of the molecule is C=CCc1cc(C=Nn2c(C3CCCCC3)nc3ccc(Br)cc3c2=O)cc(OC)c1OCC. The van der Waals surface area contributed by atoms with E-state index in [1.165, 1.54) is 11.1 Å². The molecule has 1 aromatic heterocycles. The molecule has 34 heavy (non-hydrogen) atoms. The van der Waals surface area contributed by atoms with Crippen LogP contribution in [0, 0.1) is 0 Å². The molecule has 178 valence electrons. The molecule has 0 spiro atoms. The molecule has 1 fully saturated rings. The average molecular weight is 524 g/mol. The lowest BCUT2D eigenvalue weighted by molar-refractivity contribution is 0.308. The van der Waals surface area contributed by atoms with Gasteiger partial charge in [0.1, 0.15) is 5.82 Å². The van der Waals surface area contributed by atoms with Gasteiger partial charge in [0.25, 0.3) is 5.56 Å². The Hall–Kier alpha value is -2.93. The molecule has 0 atom stereocenters. The summed E-state index contributed by atoms with van der Waals surface area (Å²) in [7, 11) is 1.62. The summed E-state index contributed by atoms with van der Waals surface area (Å²) in [6.07, 6.45) is 9.70. The van der Waals surface area contributed by atoms with E-state index in [1.807, 2.05) is 43.3 Å².